The Hall–Kier alpha value is -2.37. The second-order valence-electron chi connectivity index (χ2n) is 5.15. The molecule has 20 heavy (non-hydrogen) atoms. The molecule has 1 saturated carbocycles. The van der Waals surface area contributed by atoms with Gasteiger partial charge in [-0.3, -0.25) is 4.57 Å². The van der Waals surface area contributed by atoms with E-state index in [9.17, 15) is 10.1 Å². The minimum Gasteiger partial charge on any atom is -0.358 e. The number of anilines is 1. The Kier molecular flexibility index (Phi) is 3.14. The van der Waals surface area contributed by atoms with Gasteiger partial charge < -0.3 is 15.4 Å². The lowest BCUT2D eigenvalue weighted by atomic mass is 10.0. The van der Waals surface area contributed by atoms with Crippen LogP contribution in [0.3, 0.4) is 0 Å². The molecule has 104 valence electrons. The summed E-state index contributed by atoms with van der Waals surface area (Å²) in [5.74, 6) is 0.886. The van der Waals surface area contributed by atoms with Gasteiger partial charge >= 0.3 is 5.82 Å². The Bertz CT molecular complexity index is 619. The summed E-state index contributed by atoms with van der Waals surface area (Å²) >= 11 is 0. The third-order valence-corrected chi connectivity index (χ3v) is 3.63. The quantitative estimate of drug-likeness (QED) is 0.671. The van der Waals surface area contributed by atoms with Crippen LogP contribution in [-0.2, 0) is 7.05 Å². The van der Waals surface area contributed by atoms with Crippen LogP contribution in [-0.4, -0.2) is 14.5 Å². The van der Waals surface area contributed by atoms with Gasteiger partial charge in [-0.1, -0.05) is 30.3 Å². The van der Waals surface area contributed by atoms with Crippen LogP contribution in [0.15, 0.2) is 36.7 Å². The van der Waals surface area contributed by atoms with E-state index < -0.39 is 4.92 Å². The monoisotopic (exact) mass is 272 g/mol. The number of hydrogen-bond donors (Lipinski definition) is 1. The number of nitrogens with zero attached hydrogens (tertiary/aromatic N) is 3. The van der Waals surface area contributed by atoms with E-state index in [1.165, 1.54) is 6.33 Å². The van der Waals surface area contributed by atoms with Crippen molar-refractivity contribution in [2.75, 3.05) is 5.32 Å². The first kappa shape index (κ1) is 12.7. The van der Waals surface area contributed by atoms with Gasteiger partial charge in [-0.05, 0) is 34.2 Å². The molecule has 2 aromatic rings. The van der Waals surface area contributed by atoms with E-state index >= 15 is 0 Å². The van der Waals surface area contributed by atoms with Crippen molar-refractivity contribution in [3.63, 3.8) is 0 Å². The summed E-state index contributed by atoms with van der Waals surface area (Å²) in [5, 5.41) is 14.3. The molecule has 1 aromatic heterocycles. The van der Waals surface area contributed by atoms with E-state index in [0.717, 1.165) is 18.4 Å². The molecule has 1 aliphatic rings. The van der Waals surface area contributed by atoms with Crippen molar-refractivity contribution in [2.24, 2.45) is 13.0 Å². The number of nitro groups is 1. The largest absolute Gasteiger partial charge is 0.406 e. The average molecular weight is 272 g/mol. The van der Waals surface area contributed by atoms with Crippen LogP contribution < -0.4 is 5.32 Å². The van der Waals surface area contributed by atoms with E-state index in [2.05, 4.69) is 22.4 Å². The van der Waals surface area contributed by atoms with Gasteiger partial charge in [0, 0.05) is 7.05 Å². The summed E-state index contributed by atoms with van der Waals surface area (Å²) in [6.45, 7) is 0. The van der Waals surface area contributed by atoms with Gasteiger partial charge in [0.05, 0.1) is 6.04 Å². The molecule has 0 saturated heterocycles. The molecular weight excluding hydrogens is 256 g/mol. The fourth-order valence-corrected chi connectivity index (χ4v) is 2.43. The Morgan fingerprint density at radius 1 is 1.40 bits per heavy atom. The molecule has 1 atom stereocenters. The molecule has 6 nitrogen and oxygen atoms in total. The molecule has 1 N–H and O–H groups in total. The summed E-state index contributed by atoms with van der Waals surface area (Å²) in [6.07, 6.45) is 3.77. The summed E-state index contributed by atoms with van der Waals surface area (Å²) < 4.78 is 1.66. The number of hydrogen-bond acceptors (Lipinski definition) is 4. The van der Waals surface area contributed by atoms with Gasteiger partial charge in [0.1, 0.15) is 0 Å². The maximum Gasteiger partial charge on any atom is 0.406 e. The van der Waals surface area contributed by atoms with E-state index in [-0.39, 0.29) is 11.9 Å². The maximum absolute atomic E-state index is 11.0. The molecule has 0 spiro atoms. The van der Waals surface area contributed by atoms with E-state index in [1.54, 1.807) is 11.6 Å². The first-order valence-corrected chi connectivity index (χ1v) is 6.64. The summed E-state index contributed by atoms with van der Waals surface area (Å²) in [4.78, 5) is 14.4. The highest BCUT2D eigenvalue weighted by molar-refractivity contribution is 5.54. The van der Waals surface area contributed by atoms with Gasteiger partial charge in [0.2, 0.25) is 12.1 Å². The fourth-order valence-electron chi connectivity index (χ4n) is 2.43. The van der Waals surface area contributed by atoms with Gasteiger partial charge in [0.25, 0.3) is 0 Å². The van der Waals surface area contributed by atoms with Crippen LogP contribution in [0.1, 0.15) is 24.4 Å². The number of rotatable bonds is 5. The van der Waals surface area contributed by atoms with Crippen LogP contribution in [0.5, 0.6) is 0 Å². The van der Waals surface area contributed by atoms with Crippen molar-refractivity contribution < 1.29 is 4.92 Å². The zero-order chi connectivity index (χ0) is 14.1. The molecule has 3 rings (SSSR count). The van der Waals surface area contributed by atoms with E-state index in [4.69, 9.17) is 0 Å². The van der Waals surface area contributed by atoms with Crippen LogP contribution in [0.4, 0.5) is 11.6 Å². The van der Waals surface area contributed by atoms with Gasteiger partial charge in [-0.15, -0.1) is 0 Å². The van der Waals surface area contributed by atoms with Crippen molar-refractivity contribution >= 4 is 11.6 Å². The molecule has 0 bridgehead atoms. The predicted molar refractivity (Wildman–Crippen MR) is 75.4 cm³/mol. The minimum atomic E-state index is -0.447. The van der Waals surface area contributed by atoms with Crippen molar-refractivity contribution in [1.82, 2.24) is 9.55 Å². The molecule has 1 heterocycles. The highest BCUT2D eigenvalue weighted by Crippen LogP contribution is 2.43. The molecule has 6 heteroatoms. The normalized spacial score (nSPS) is 15.8. The second kappa shape index (κ2) is 4.96. The molecule has 1 aliphatic carbocycles. The topological polar surface area (TPSA) is 73.0 Å². The van der Waals surface area contributed by atoms with E-state index in [1.807, 2.05) is 18.2 Å². The lowest BCUT2D eigenvalue weighted by Gasteiger charge is -2.19. The number of imidazole rings is 1. The Labute approximate surface area is 116 Å². The molecule has 0 radical (unpaired) electrons. The molecule has 1 unspecified atom stereocenters. The first-order chi connectivity index (χ1) is 9.66. The summed E-state index contributed by atoms with van der Waals surface area (Å²) in [7, 11) is 1.76. The average Bonchev–Trinajstić information content (AvgIpc) is 3.21. The van der Waals surface area contributed by atoms with Crippen LogP contribution in [0.2, 0.25) is 0 Å². The zero-order valence-electron chi connectivity index (χ0n) is 11.2. The third-order valence-electron chi connectivity index (χ3n) is 3.63. The highest BCUT2D eigenvalue weighted by Gasteiger charge is 2.34. The van der Waals surface area contributed by atoms with Crippen molar-refractivity contribution in [3.05, 3.63) is 52.3 Å². The van der Waals surface area contributed by atoms with Gasteiger partial charge in [-0.25, -0.2) is 0 Å². The molecule has 1 fully saturated rings. The molecule has 0 aliphatic heterocycles. The lowest BCUT2D eigenvalue weighted by molar-refractivity contribution is -0.388. The highest BCUT2D eigenvalue weighted by atomic mass is 16.6. The van der Waals surface area contributed by atoms with Crippen molar-refractivity contribution in [2.45, 2.75) is 18.9 Å². The second-order valence-corrected chi connectivity index (χ2v) is 5.15. The van der Waals surface area contributed by atoms with Crippen LogP contribution in [0.25, 0.3) is 0 Å². The minimum absolute atomic E-state index is 0.102. The van der Waals surface area contributed by atoms with Gasteiger partial charge in [-0.2, -0.15) is 0 Å². The van der Waals surface area contributed by atoms with Crippen molar-refractivity contribution in [3.8, 4) is 0 Å². The van der Waals surface area contributed by atoms with Crippen LogP contribution in [0, 0.1) is 16.0 Å². The number of aromatic nitrogens is 2. The summed E-state index contributed by atoms with van der Waals surface area (Å²) in [6, 6.07) is 10.2. The van der Waals surface area contributed by atoms with Crippen LogP contribution >= 0.6 is 0 Å². The summed E-state index contributed by atoms with van der Waals surface area (Å²) in [5.41, 5.74) is 1.16. The molecule has 0 amide bonds. The Morgan fingerprint density at radius 2 is 2.10 bits per heavy atom. The first-order valence-electron chi connectivity index (χ1n) is 6.64. The molecular formula is C14H16N4O2. The van der Waals surface area contributed by atoms with Crippen molar-refractivity contribution in [1.29, 1.82) is 0 Å². The smallest absolute Gasteiger partial charge is 0.358 e. The van der Waals surface area contributed by atoms with Gasteiger partial charge in [0.15, 0.2) is 0 Å². The molecule has 1 aromatic carbocycles. The standard InChI is InChI=1S/C14H16N4O2/c1-17-9-15-13(18(19)20)14(17)16-12(11-7-8-11)10-5-3-2-4-6-10/h2-6,9,11-12,16H,7-8H2,1H3. The third kappa shape index (κ3) is 2.36. The fraction of sp³-hybridized carbons (Fsp3) is 0.357. The zero-order valence-corrected chi connectivity index (χ0v) is 11.2. The lowest BCUT2D eigenvalue weighted by Crippen LogP contribution is -2.15. The number of benzene rings is 1. The Balaban J connectivity index is 1.92. The predicted octanol–water partition coefficient (Wildman–Crippen LogP) is 2.89. The number of nitrogens with one attached hydrogen (secondary N) is 1. The SMILES string of the molecule is Cn1cnc([N+](=O)[O-])c1NC(c1ccccc1)C1CC1. The van der Waals surface area contributed by atoms with E-state index in [0.29, 0.717) is 11.7 Å². The number of aryl methyl sites for hydroxylation is 1. The maximum atomic E-state index is 11.0. The Morgan fingerprint density at radius 3 is 2.70 bits per heavy atom.